The molecule has 1 atom stereocenters. The fourth-order valence-electron chi connectivity index (χ4n) is 1.91. The summed E-state index contributed by atoms with van der Waals surface area (Å²) in [6, 6.07) is 0. The van der Waals surface area contributed by atoms with Crippen molar-refractivity contribution in [3.8, 4) is 0 Å². The summed E-state index contributed by atoms with van der Waals surface area (Å²) in [5.41, 5.74) is -0.690. The first-order valence-corrected chi connectivity index (χ1v) is 5.64. The van der Waals surface area contributed by atoms with Crippen molar-refractivity contribution in [3.05, 3.63) is 11.7 Å². The number of aryl methyl sites for hydroxylation is 1. The van der Waals surface area contributed by atoms with Gasteiger partial charge in [-0.1, -0.05) is 5.16 Å². The molecule has 102 valence electrons. The highest BCUT2D eigenvalue weighted by molar-refractivity contribution is 5.10. The van der Waals surface area contributed by atoms with Crippen LogP contribution in [-0.4, -0.2) is 34.1 Å². The molecule has 1 aliphatic rings. The van der Waals surface area contributed by atoms with Crippen LogP contribution < -0.4 is 5.32 Å². The summed E-state index contributed by atoms with van der Waals surface area (Å²) in [7, 11) is 0. The van der Waals surface area contributed by atoms with Crippen LogP contribution in [-0.2, 0) is 5.54 Å². The second-order valence-electron chi connectivity index (χ2n) is 4.51. The molecule has 0 bridgehead atoms. The number of nitrogens with one attached hydrogen (secondary N) is 1. The third-order valence-corrected chi connectivity index (χ3v) is 3.17. The van der Waals surface area contributed by atoms with E-state index in [-0.39, 0.29) is 0 Å². The second kappa shape index (κ2) is 4.51. The van der Waals surface area contributed by atoms with E-state index in [1.54, 1.807) is 6.92 Å². The van der Waals surface area contributed by atoms with E-state index in [0.29, 0.717) is 24.6 Å². The highest BCUT2D eigenvalue weighted by atomic mass is 19.4. The predicted molar refractivity (Wildman–Crippen MR) is 54.6 cm³/mol. The summed E-state index contributed by atoms with van der Waals surface area (Å²) in [5, 5.41) is 15.4. The number of aromatic nitrogens is 2. The Bertz CT molecular complexity index is 415. The Labute approximate surface area is 101 Å². The van der Waals surface area contributed by atoms with Gasteiger partial charge in [-0.3, -0.25) is 0 Å². The lowest BCUT2D eigenvalue weighted by Gasteiger charge is -2.40. The molecule has 0 unspecified atom stereocenters. The number of nitrogens with zero attached hydrogens (tertiary/aromatic N) is 2. The number of hydrogen-bond donors (Lipinski definition) is 2. The molecule has 0 radical (unpaired) electrons. The Morgan fingerprint density at radius 3 is 2.56 bits per heavy atom. The Morgan fingerprint density at radius 1 is 1.50 bits per heavy atom. The summed E-state index contributed by atoms with van der Waals surface area (Å²) >= 11 is 0. The van der Waals surface area contributed by atoms with Crippen molar-refractivity contribution in [3.63, 3.8) is 0 Å². The molecular weight excluding hydrogens is 251 g/mol. The molecule has 18 heavy (non-hydrogen) atoms. The van der Waals surface area contributed by atoms with Crippen LogP contribution >= 0.6 is 0 Å². The van der Waals surface area contributed by atoms with E-state index in [4.69, 9.17) is 9.63 Å². The smallest absolute Gasteiger partial charge is 0.382 e. The topological polar surface area (TPSA) is 71.2 Å². The van der Waals surface area contributed by atoms with Crippen LogP contribution in [0.1, 0.15) is 31.0 Å². The monoisotopic (exact) mass is 265 g/mol. The largest absolute Gasteiger partial charge is 0.415 e. The molecule has 1 aromatic heterocycles. The van der Waals surface area contributed by atoms with Gasteiger partial charge in [-0.05, 0) is 19.3 Å². The van der Waals surface area contributed by atoms with Crippen molar-refractivity contribution in [2.24, 2.45) is 0 Å². The Kier molecular flexibility index (Phi) is 3.33. The third-order valence-electron chi connectivity index (χ3n) is 3.17. The molecule has 0 aliphatic heterocycles. The van der Waals surface area contributed by atoms with Crippen LogP contribution in [0.3, 0.4) is 0 Å². The fraction of sp³-hybridized carbons (Fsp3) is 0.800. The zero-order chi connectivity index (χ0) is 13.4. The van der Waals surface area contributed by atoms with Crippen molar-refractivity contribution >= 4 is 0 Å². The molecule has 2 rings (SSSR count). The molecule has 0 amide bonds. The summed E-state index contributed by atoms with van der Waals surface area (Å²) in [5.74, 6) is 0.732. The van der Waals surface area contributed by atoms with E-state index in [9.17, 15) is 13.2 Å². The maximum Gasteiger partial charge on any atom is 0.415 e. The molecule has 1 aliphatic carbocycles. The number of hydrogen-bond acceptors (Lipinski definition) is 5. The fourth-order valence-corrected chi connectivity index (χ4v) is 1.91. The van der Waals surface area contributed by atoms with Gasteiger partial charge in [0.1, 0.15) is 0 Å². The van der Waals surface area contributed by atoms with Crippen LogP contribution in [0.5, 0.6) is 0 Å². The first kappa shape index (κ1) is 13.3. The summed E-state index contributed by atoms with van der Waals surface area (Å²) in [6.07, 6.45) is -4.86. The van der Waals surface area contributed by atoms with Gasteiger partial charge in [0.05, 0.1) is 5.54 Å². The van der Waals surface area contributed by atoms with E-state index in [1.165, 1.54) is 0 Å². The lowest BCUT2D eigenvalue weighted by molar-refractivity contribution is -0.203. The minimum absolute atomic E-state index is 0.362. The van der Waals surface area contributed by atoms with Gasteiger partial charge < -0.3 is 14.9 Å². The zero-order valence-corrected chi connectivity index (χ0v) is 9.79. The molecule has 1 fully saturated rings. The van der Waals surface area contributed by atoms with E-state index < -0.39 is 24.4 Å². The minimum Gasteiger partial charge on any atom is -0.382 e. The summed E-state index contributed by atoms with van der Waals surface area (Å²) in [6.45, 7) is 1.05. The van der Waals surface area contributed by atoms with Crippen molar-refractivity contribution in [1.29, 1.82) is 0 Å². The van der Waals surface area contributed by atoms with Gasteiger partial charge in [0.15, 0.2) is 11.9 Å². The first-order valence-electron chi connectivity index (χ1n) is 5.64. The quantitative estimate of drug-likeness (QED) is 0.857. The van der Waals surface area contributed by atoms with E-state index in [0.717, 1.165) is 6.42 Å². The second-order valence-corrected chi connectivity index (χ2v) is 4.51. The SMILES string of the molecule is Cc1nc(C2(NC[C@@H](O)C(F)(F)F)CCC2)no1. The Hall–Kier alpha value is -1.15. The van der Waals surface area contributed by atoms with Crippen LogP contribution in [0.4, 0.5) is 13.2 Å². The van der Waals surface area contributed by atoms with Gasteiger partial charge in [-0.2, -0.15) is 18.2 Å². The molecule has 0 saturated heterocycles. The maximum atomic E-state index is 12.2. The molecule has 5 nitrogen and oxygen atoms in total. The third kappa shape index (κ3) is 2.49. The van der Waals surface area contributed by atoms with Crippen molar-refractivity contribution in [2.75, 3.05) is 6.54 Å². The molecule has 0 spiro atoms. The lowest BCUT2D eigenvalue weighted by Crippen LogP contribution is -2.53. The molecule has 1 heterocycles. The van der Waals surface area contributed by atoms with Gasteiger partial charge >= 0.3 is 6.18 Å². The Morgan fingerprint density at radius 2 is 2.17 bits per heavy atom. The standard InChI is InChI=1S/C10H14F3N3O2/c1-6-15-8(16-18-6)9(3-2-4-9)14-5-7(17)10(11,12)13/h7,14,17H,2-5H2,1H3/t7-/m1/s1. The molecule has 2 N–H and O–H groups in total. The molecular formula is C10H14F3N3O2. The molecule has 8 heteroatoms. The highest BCUT2D eigenvalue weighted by Gasteiger charge is 2.45. The van der Waals surface area contributed by atoms with E-state index in [2.05, 4.69) is 15.5 Å². The number of aliphatic hydroxyl groups excluding tert-OH is 1. The van der Waals surface area contributed by atoms with Crippen molar-refractivity contribution in [2.45, 2.75) is 44.0 Å². The van der Waals surface area contributed by atoms with E-state index in [1.807, 2.05) is 0 Å². The van der Waals surface area contributed by atoms with Gasteiger partial charge in [0.25, 0.3) is 0 Å². The average Bonchev–Trinajstić information content (AvgIpc) is 2.62. The number of alkyl halides is 3. The van der Waals surface area contributed by atoms with Crippen LogP contribution in [0.2, 0.25) is 0 Å². The van der Waals surface area contributed by atoms with Gasteiger partial charge in [-0.25, -0.2) is 0 Å². The number of aliphatic hydroxyl groups is 1. The normalized spacial score (nSPS) is 20.5. The first-order chi connectivity index (χ1) is 8.33. The van der Waals surface area contributed by atoms with Gasteiger partial charge in [0, 0.05) is 13.5 Å². The van der Waals surface area contributed by atoms with E-state index >= 15 is 0 Å². The summed E-state index contributed by atoms with van der Waals surface area (Å²) in [4.78, 5) is 4.04. The summed E-state index contributed by atoms with van der Waals surface area (Å²) < 4.78 is 41.5. The van der Waals surface area contributed by atoms with Crippen LogP contribution in [0.15, 0.2) is 4.52 Å². The lowest BCUT2D eigenvalue weighted by atomic mass is 9.76. The molecule has 1 aromatic rings. The minimum atomic E-state index is -4.62. The molecule has 0 aromatic carbocycles. The van der Waals surface area contributed by atoms with Gasteiger partial charge in [-0.15, -0.1) is 0 Å². The van der Waals surface area contributed by atoms with Crippen LogP contribution in [0, 0.1) is 6.92 Å². The number of halogens is 3. The Balaban J connectivity index is 2.02. The zero-order valence-electron chi connectivity index (χ0n) is 9.79. The highest BCUT2D eigenvalue weighted by Crippen LogP contribution is 2.39. The number of rotatable bonds is 4. The molecule has 1 saturated carbocycles. The van der Waals surface area contributed by atoms with Gasteiger partial charge in [0.2, 0.25) is 5.89 Å². The predicted octanol–water partition coefficient (Wildman–Crippen LogP) is 1.27. The van der Waals surface area contributed by atoms with Crippen molar-refractivity contribution < 1.29 is 22.8 Å². The van der Waals surface area contributed by atoms with Crippen LogP contribution in [0.25, 0.3) is 0 Å². The maximum absolute atomic E-state index is 12.2. The van der Waals surface area contributed by atoms with Crippen molar-refractivity contribution in [1.82, 2.24) is 15.5 Å². The average molecular weight is 265 g/mol.